The van der Waals surface area contributed by atoms with Gasteiger partial charge >= 0.3 is 5.97 Å². The highest BCUT2D eigenvalue weighted by Gasteiger charge is 2.63. The topological polar surface area (TPSA) is 72.8 Å². The maximum atomic E-state index is 11.7. The van der Waals surface area contributed by atoms with Gasteiger partial charge in [0.2, 0.25) is 0 Å². The number of hydrogen-bond donors (Lipinski definition) is 1. The summed E-state index contributed by atoms with van der Waals surface area (Å²) in [4.78, 5) is 23.2. The zero-order chi connectivity index (χ0) is 22.4. The summed E-state index contributed by atoms with van der Waals surface area (Å²) in [5.41, 5.74) is 0.501. The van der Waals surface area contributed by atoms with Gasteiger partial charge in [0.25, 0.3) is 6.47 Å². The number of aliphatic hydroxyl groups is 1. The second-order valence-electron chi connectivity index (χ2n) is 11.7. The zero-order valence-electron chi connectivity index (χ0n) is 19.8. The summed E-state index contributed by atoms with van der Waals surface area (Å²) in [5, 5.41) is 10.3. The van der Waals surface area contributed by atoms with Gasteiger partial charge < -0.3 is 14.6 Å². The Hall–Kier alpha value is -1.10. The van der Waals surface area contributed by atoms with Crippen LogP contribution in [-0.2, 0) is 19.1 Å². The molecule has 0 amide bonds. The monoisotopic (exact) mass is 434 g/mol. The molecule has 4 fully saturated rings. The molecule has 4 rings (SSSR count). The van der Waals surface area contributed by atoms with Crippen molar-refractivity contribution in [2.45, 2.75) is 97.2 Å². The van der Waals surface area contributed by atoms with Crippen molar-refractivity contribution >= 4 is 12.4 Å². The molecule has 4 saturated carbocycles. The lowest BCUT2D eigenvalue weighted by Gasteiger charge is -2.62. The molecule has 31 heavy (non-hydrogen) atoms. The molecule has 0 saturated heterocycles. The lowest BCUT2D eigenvalue weighted by Crippen LogP contribution is -2.59. The summed E-state index contributed by atoms with van der Waals surface area (Å²) < 4.78 is 10.7. The summed E-state index contributed by atoms with van der Waals surface area (Å²) >= 11 is 0. The van der Waals surface area contributed by atoms with Crippen LogP contribution in [0.1, 0.15) is 85.0 Å². The molecule has 0 aromatic carbocycles. The molecular formula is C26H42O5. The Labute approximate surface area is 187 Å². The predicted octanol–water partition coefficient (Wildman–Crippen LogP) is 4.75. The molecular weight excluding hydrogens is 392 g/mol. The highest BCUT2D eigenvalue weighted by molar-refractivity contribution is 5.69. The van der Waals surface area contributed by atoms with Crippen molar-refractivity contribution < 1.29 is 24.2 Å². The number of esters is 1. The molecule has 0 heterocycles. The van der Waals surface area contributed by atoms with Crippen LogP contribution in [-0.4, -0.2) is 36.9 Å². The summed E-state index contributed by atoms with van der Waals surface area (Å²) in [6, 6.07) is 0. The first-order valence-corrected chi connectivity index (χ1v) is 12.6. The molecule has 176 valence electrons. The van der Waals surface area contributed by atoms with Crippen LogP contribution in [0.15, 0.2) is 0 Å². The normalized spacial score (nSPS) is 47.5. The van der Waals surface area contributed by atoms with E-state index >= 15 is 0 Å². The SMILES string of the molecule is COC(=O)CC[C@@H](C)[C@H]1CC[C@H]2[C@@H]3[C@H](OC=O)C[C@@H]4C[C@H](O)CC[C@]4(C)[C@H]3CC[C@]12C. The Kier molecular flexibility index (Phi) is 6.46. The van der Waals surface area contributed by atoms with Gasteiger partial charge in [-0.3, -0.25) is 9.59 Å². The Morgan fingerprint density at radius 3 is 2.52 bits per heavy atom. The summed E-state index contributed by atoms with van der Waals surface area (Å²) in [6.07, 6.45) is 9.76. The van der Waals surface area contributed by atoms with Gasteiger partial charge in [0.1, 0.15) is 6.10 Å². The van der Waals surface area contributed by atoms with E-state index in [0.29, 0.717) is 48.4 Å². The van der Waals surface area contributed by atoms with Gasteiger partial charge in [-0.05, 0) is 98.2 Å². The minimum atomic E-state index is -0.202. The Morgan fingerprint density at radius 1 is 1.10 bits per heavy atom. The number of hydrogen-bond acceptors (Lipinski definition) is 5. The third kappa shape index (κ3) is 3.83. The van der Waals surface area contributed by atoms with Crippen molar-refractivity contribution in [1.29, 1.82) is 0 Å². The average molecular weight is 435 g/mol. The van der Waals surface area contributed by atoms with Crippen molar-refractivity contribution in [3.05, 3.63) is 0 Å². The van der Waals surface area contributed by atoms with Gasteiger partial charge in [-0.15, -0.1) is 0 Å². The Bertz CT molecular complexity index is 679. The molecule has 0 aliphatic heterocycles. The summed E-state index contributed by atoms with van der Waals surface area (Å²) in [7, 11) is 1.47. The fourth-order valence-corrected chi connectivity index (χ4v) is 9.01. The zero-order valence-corrected chi connectivity index (χ0v) is 19.8. The van der Waals surface area contributed by atoms with Gasteiger partial charge in [0.15, 0.2) is 0 Å². The first kappa shape index (κ1) is 23.1. The first-order chi connectivity index (χ1) is 14.7. The van der Waals surface area contributed by atoms with Crippen LogP contribution in [0, 0.1) is 46.3 Å². The van der Waals surface area contributed by atoms with E-state index in [9.17, 15) is 14.7 Å². The maximum absolute atomic E-state index is 11.7. The Balaban J connectivity index is 1.57. The number of ether oxygens (including phenoxy) is 2. The standard InChI is InChI=1S/C26H42O5/c1-16(5-8-23(29)30-4)19-6-7-20-24-21(10-12-26(19,20)3)25(2)11-9-18(28)13-17(25)14-22(24)31-15-27/h15-22,24,28H,5-14H2,1-4H3/t16-,17+,18-,19-,20+,21+,22-,24+,25+,26-/m1/s1. The number of rotatable bonds is 6. The van der Waals surface area contributed by atoms with Crippen molar-refractivity contribution in [3.63, 3.8) is 0 Å². The highest BCUT2D eigenvalue weighted by atomic mass is 16.5. The summed E-state index contributed by atoms with van der Waals surface area (Å²) in [5.74, 6) is 3.02. The van der Waals surface area contributed by atoms with Crippen LogP contribution < -0.4 is 0 Å². The van der Waals surface area contributed by atoms with E-state index in [-0.39, 0.29) is 29.0 Å². The van der Waals surface area contributed by atoms with Crippen LogP contribution in [0.4, 0.5) is 0 Å². The van der Waals surface area contributed by atoms with Crippen LogP contribution >= 0.6 is 0 Å². The number of aliphatic hydroxyl groups excluding tert-OH is 1. The van der Waals surface area contributed by atoms with Gasteiger partial charge in [-0.2, -0.15) is 0 Å². The molecule has 0 bridgehead atoms. The van der Waals surface area contributed by atoms with Gasteiger partial charge in [0, 0.05) is 12.3 Å². The quantitative estimate of drug-likeness (QED) is 0.482. The minimum Gasteiger partial charge on any atom is -0.469 e. The molecule has 5 heteroatoms. The van der Waals surface area contributed by atoms with E-state index in [4.69, 9.17) is 9.47 Å². The van der Waals surface area contributed by atoms with Crippen LogP contribution in [0.3, 0.4) is 0 Å². The number of methoxy groups -OCH3 is 1. The second-order valence-corrected chi connectivity index (χ2v) is 11.7. The van der Waals surface area contributed by atoms with E-state index in [1.165, 1.54) is 32.8 Å². The van der Waals surface area contributed by atoms with Gasteiger partial charge in [-0.1, -0.05) is 20.8 Å². The molecule has 0 aromatic rings. The van der Waals surface area contributed by atoms with Gasteiger partial charge in [0.05, 0.1) is 13.2 Å². The molecule has 10 atom stereocenters. The van der Waals surface area contributed by atoms with E-state index in [1.54, 1.807) is 0 Å². The number of carbonyl (C=O) groups excluding carboxylic acids is 2. The fourth-order valence-electron chi connectivity index (χ4n) is 9.01. The molecule has 1 N–H and O–H groups in total. The predicted molar refractivity (Wildman–Crippen MR) is 118 cm³/mol. The largest absolute Gasteiger partial charge is 0.469 e. The van der Waals surface area contributed by atoms with E-state index in [1.807, 2.05) is 0 Å². The first-order valence-electron chi connectivity index (χ1n) is 12.6. The van der Waals surface area contributed by atoms with Crippen LogP contribution in [0.2, 0.25) is 0 Å². The average Bonchev–Trinajstić information content (AvgIpc) is 3.10. The second kappa shape index (κ2) is 8.68. The lowest BCUT2D eigenvalue weighted by atomic mass is 9.43. The molecule has 0 unspecified atom stereocenters. The lowest BCUT2D eigenvalue weighted by molar-refractivity contribution is -0.187. The molecule has 0 radical (unpaired) electrons. The smallest absolute Gasteiger partial charge is 0.305 e. The number of carbonyl (C=O) groups is 2. The van der Waals surface area contributed by atoms with Crippen molar-refractivity contribution in [3.8, 4) is 0 Å². The van der Waals surface area contributed by atoms with Gasteiger partial charge in [-0.25, -0.2) is 0 Å². The molecule has 4 aliphatic rings. The van der Waals surface area contributed by atoms with Crippen molar-refractivity contribution in [2.24, 2.45) is 46.3 Å². The molecule has 4 aliphatic carbocycles. The maximum Gasteiger partial charge on any atom is 0.305 e. The van der Waals surface area contributed by atoms with E-state index < -0.39 is 0 Å². The highest BCUT2D eigenvalue weighted by Crippen LogP contribution is 2.68. The molecule has 0 aromatic heterocycles. The third-order valence-corrected chi connectivity index (χ3v) is 10.7. The molecule has 0 spiro atoms. The third-order valence-electron chi connectivity index (χ3n) is 10.7. The Morgan fingerprint density at radius 2 is 1.81 bits per heavy atom. The number of fused-ring (bicyclic) bond motifs is 5. The van der Waals surface area contributed by atoms with Crippen LogP contribution in [0.25, 0.3) is 0 Å². The van der Waals surface area contributed by atoms with Crippen LogP contribution in [0.5, 0.6) is 0 Å². The molecule has 5 nitrogen and oxygen atoms in total. The minimum absolute atomic E-state index is 0.0142. The van der Waals surface area contributed by atoms with Crippen molar-refractivity contribution in [2.75, 3.05) is 7.11 Å². The van der Waals surface area contributed by atoms with E-state index in [0.717, 1.165) is 32.1 Å². The van der Waals surface area contributed by atoms with E-state index in [2.05, 4.69) is 20.8 Å². The van der Waals surface area contributed by atoms with Crippen molar-refractivity contribution in [1.82, 2.24) is 0 Å². The fraction of sp³-hybridized carbons (Fsp3) is 0.923. The summed E-state index contributed by atoms with van der Waals surface area (Å²) in [6.45, 7) is 7.93.